The molecule has 2 atom stereocenters. The zero-order chi connectivity index (χ0) is 13.5. The molecule has 2 fully saturated rings. The van der Waals surface area contributed by atoms with Crippen LogP contribution in [0.3, 0.4) is 0 Å². The highest BCUT2D eigenvalue weighted by Gasteiger charge is 2.57. The smallest absolute Gasteiger partial charge is 0.161 e. The van der Waals surface area contributed by atoms with Gasteiger partial charge in [-0.2, -0.15) is 0 Å². The molecule has 2 aliphatic carbocycles. The van der Waals surface area contributed by atoms with Gasteiger partial charge in [-0.25, -0.2) is 0 Å². The topological polar surface area (TPSA) is 38.7 Å². The summed E-state index contributed by atoms with van der Waals surface area (Å²) >= 11 is 0. The third-order valence-electron chi connectivity index (χ3n) is 4.87. The Hall–Kier alpha value is -1.22. The van der Waals surface area contributed by atoms with Gasteiger partial charge in [0.15, 0.2) is 11.5 Å². The van der Waals surface area contributed by atoms with Gasteiger partial charge in [-0.3, -0.25) is 0 Å². The third kappa shape index (κ3) is 2.00. The van der Waals surface area contributed by atoms with Crippen LogP contribution in [0.4, 0.5) is 0 Å². The van der Waals surface area contributed by atoms with E-state index in [1.54, 1.807) is 7.11 Å². The Bertz CT molecular complexity index is 463. The molecule has 0 saturated heterocycles. The van der Waals surface area contributed by atoms with Crippen molar-refractivity contribution in [2.24, 2.45) is 5.41 Å². The highest BCUT2D eigenvalue weighted by molar-refractivity contribution is 5.43. The van der Waals surface area contributed by atoms with Crippen LogP contribution < -0.4 is 9.47 Å². The second-order valence-electron chi connectivity index (χ2n) is 5.95. The summed E-state index contributed by atoms with van der Waals surface area (Å²) in [5.74, 6) is 1.59. The van der Waals surface area contributed by atoms with Crippen LogP contribution in [0.15, 0.2) is 18.2 Å². The van der Waals surface area contributed by atoms with Gasteiger partial charge >= 0.3 is 0 Å². The number of aliphatic hydroxyl groups is 1. The summed E-state index contributed by atoms with van der Waals surface area (Å²) in [6.07, 6.45) is 5.30. The van der Waals surface area contributed by atoms with Gasteiger partial charge in [-0.05, 0) is 37.5 Å². The number of benzene rings is 1. The fourth-order valence-electron chi connectivity index (χ4n) is 3.61. The third-order valence-corrected chi connectivity index (χ3v) is 4.87. The average molecular weight is 262 g/mol. The maximum absolute atomic E-state index is 10.1. The molecule has 1 N–H and O–H groups in total. The second kappa shape index (κ2) is 4.71. The lowest BCUT2D eigenvalue weighted by Crippen LogP contribution is -2.58. The number of rotatable bonds is 3. The number of aliphatic hydroxyl groups excluding tert-OH is 1. The summed E-state index contributed by atoms with van der Waals surface area (Å²) < 4.78 is 11.5. The first-order valence-electron chi connectivity index (χ1n) is 7.15. The number of ether oxygens (including phenoxy) is 2. The monoisotopic (exact) mass is 262 g/mol. The molecule has 3 rings (SSSR count). The second-order valence-corrected chi connectivity index (χ2v) is 5.95. The molecular formula is C16H22O3. The standard InChI is InChI=1S/C16H22O3/c1-11-5-6-12(13(9-11)18-2)19-15-10-14(17)16(15)7-3-4-8-16/h5-6,9,14-15,17H,3-4,7-8,10H2,1-2H3. The first kappa shape index (κ1) is 12.8. The molecule has 0 amide bonds. The van der Waals surface area contributed by atoms with Crippen molar-refractivity contribution in [1.82, 2.24) is 0 Å². The minimum absolute atomic E-state index is 0.00982. The molecule has 2 aliphatic rings. The van der Waals surface area contributed by atoms with E-state index in [-0.39, 0.29) is 17.6 Å². The van der Waals surface area contributed by atoms with Crippen LogP contribution in [0.2, 0.25) is 0 Å². The Morgan fingerprint density at radius 1 is 1.21 bits per heavy atom. The molecule has 19 heavy (non-hydrogen) atoms. The van der Waals surface area contributed by atoms with Crippen molar-refractivity contribution in [1.29, 1.82) is 0 Å². The summed E-state index contributed by atoms with van der Waals surface area (Å²) in [6, 6.07) is 6.00. The Morgan fingerprint density at radius 2 is 1.95 bits per heavy atom. The van der Waals surface area contributed by atoms with E-state index in [4.69, 9.17) is 9.47 Å². The first-order chi connectivity index (χ1) is 9.15. The summed E-state index contributed by atoms with van der Waals surface area (Å²) in [6.45, 7) is 2.04. The van der Waals surface area contributed by atoms with Gasteiger partial charge in [0.05, 0.1) is 13.2 Å². The SMILES string of the molecule is COc1cc(C)ccc1OC1CC(O)C12CCCC2. The van der Waals surface area contributed by atoms with E-state index in [1.807, 2.05) is 25.1 Å². The van der Waals surface area contributed by atoms with E-state index in [2.05, 4.69) is 0 Å². The molecule has 0 heterocycles. The number of aryl methyl sites for hydroxylation is 1. The van der Waals surface area contributed by atoms with Crippen LogP contribution in [0.1, 0.15) is 37.7 Å². The minimum Gasteiger partial charge on any atom is -0.493 e. The Balaban J connectivity index is 1.79. The van der Waals surface area contributed by atoms with Gasteiger partial charge in [-0.1, -0.05) is 18.9 Å². The van der Waals surface area contributed by atoms with Crippen molar-refractivity contribution < 1.29 is 14.6 Å². The van der Waals surface area contributed by atoms with Gasteiger partial charge in [0, 0.05) is 11.8 Å². The zero-order valence-corrected chi connectivity index (χ0v) is 11.7. The Morgan fingerprint density at radius 3 is 2.58 bits per heavy atom. The normalized spacial score (nSPS) is 28.2. The van der Waals surface area contributed by atoms with Crippen LogP contribution in [-0.4, -0.2) is 24.4 Å². The van der Waals surface area contributed by atoms with Crippen molar-refractivity contribution in [3.8, 4) is 11.5 Å². The molecule has 2 unspecified atom stereocenters. The van der Waals surface area contributed by atoms with E-state index in [0.29, 0.717) is 0 Å². The van der Waals surface area contributed by atoms with E-state index in [1.165, 1.54) is 12.8 Å². The molecular weight excluding hydrogens is 240 g/mol. The van der Waals surface area contributed by atoms with Crippen molar-refractivity contribution in [2.45, 2.75) is 51.2 Å². The quantitative estimate of drug-likeness (QED) is 0.909. The van der Waals surface area contributed by atoms with Crippen molar-refractivity contribution in [2.75, 3.05) is 7.11 Å². The van der Waals surface area contributed by atoms with Crippen molar-refractivity contribution in [3.05, 3.63) is 23.8 Å². The molecule has 1 aromatic rings. The summed E-state index contributed by atoms with van der Waals surface area (Å²) in [5.41, 5.74) is 1.17. The summed E-state index contributed by atoms with van der Waals surface area (Å²) in [4.78, 5) is 0. The molecule has 0 radical (unpaired) electrons. The number of hydrogen-bond acceptors (Lipinski definition) is 3. The molecule has 0 aliphatic heterocycles. The fraction of sp³-hybridized carbons (Fsp3) is 0.625. The van der Waals surface area contributed by atoms with E-state index < -0.39 is 0 Å². The Labute approximate surface area is 114 Å². The Kier molecular flexibility index (Phi) is 3.17. The van der Waals surface area contributed by atoms with E-state index in [0.717, 1.165) is 36.3 Å². The molecule has 3 heteroatoms. The zero-order valence-electron chi connectivity index (χ0n) is 11.7. The summed E-state index contributed by atoms with van der Waals surface area (Å²) in [7, 11) is 1.67. The molecule has 1 aromatic carbocycles. The molecule has 1 spiro atoms. The van der Waals surface area contributed by atoms with E-state index in [9.17, 15) is 5.11 Å². The predicted octanol–water partition coefficient (Wildman–Crippen LogP) is 3.08. The fourth-order valence-corrected chi connectivity index (χ4v) is 3.61. The lowest BCUT2D eigenvalue weighted by molar-refractivity contribution is -0.152. The van der Waals surface area contributed by atoms with Crippen LogP contribution in [0.25, 0.3) is 0 Å². The first-order valence-corrected chi connectivity index (χ1v) is 7.15. The maximum Gasteiger partial charge on any atom is 0.161 e. The molecule has 104 valence electrons. The maximum atomic E-state index is 10.1. The minimum atomic E-state index is -0.184. The molecule has 2 saturated carbocycles. The molecule has 0 aromatic heterocycles. The van der Waals surface area contributed by atoms with Gasteiger partial charge in [0.1, 0.15) is 6.10 Å². The van der Waals surface area contributed by atoms with Gasteiger partial charge < -0.3 is 14.6 Å². The highest BCUT2D eigenvalue weighted by Crippen LogP contribution is 2.55. The van der Waals surface area contributed by atoms with Crippen molar-refractivity contribution in [3.63, 3.8) is 0 Å². The molecule has 3 nitrogen and oxygen atoms in total. The van der Waals surface area contributed by atoms with Crippen LogP contribution >= 0.6 is 0 Å². The van der Waals surface area contributed by atoms with Gasteiger partial charge in [-0.15, -0.1) is 0 Å². The highest BCUT2D eigenvalue weighted by atomic mass is 16.5. The number of methoxy groups -OCH3 is 1. The van der Waals surface area contributed by atoms with Crippen molar-refractivity contribution >= 4 is 0 Å². The largest absolute Gasteiger partial charge is 0.493 e. The number of hydrogen-bond donors (Lipinski definition) is 1. The predicted molar refractivity (Wildman–Crippen MR) is 73.7 cm³/mol. The summed E-state index contributed by atoms with van der Waals surface area (Å²) in [5, 5.41) is 10.1. The van der Waals surface area contributed by atoms with Gasteiger partial charge in [0.2, 0.25) is 0 Å². The van der Waals surface area contributed by atoms with Crippen LogP contribution in [0.5, 0.6) is 11.5 Å². The average Bonchev–Trinajstić information content (AvgIpc) is 2.92. The van der Waals surface area contributed by atoms with Gasteiger partial charge in [0.25, 0.3) is 0 Å². The lowest BCUT2D eigenvalue weighted by atomic mass is 9.62. The molecule has 0 bridgehead atoms. The van der Waals surface area contributed by atoms with Crippen LogP contribution in [-0.2, 0) is 0 Å². The van der Waals surface area contributed by atoms with Crippen LogP contribution in [0, 0.1) is 12.3 Å². The lowest BCUT2D eigenvalue weighted by Gasteiger charge is -2.51. The van der Waals surface area contributed by atoms with E-state index >= 15 is 0 Å².